The van der Waals surface area contributed by atoms with Gasteiger partial charge in [-0.2, -0.15) is 0 Å². The Bertz CT molecular complexity index is 1540. The number of nitrogens with one attached hydrogen (secondary N) is 1. The average Bonchev–Trinajstić information content (AvgIpc) is 3.58. The third kappa shape index (κ3) is 5.42. The van der Waals surface area contributed by atoms with Crippen molar-refractivity contribution in [2.75, 3.05) is 36.4 Å². The summed E-state index contributed by atoms with van der Waals surface area (Å²) in [6, 6.07) is 26.6. The second kappa shape index (κ2) is 11.1. The van der Waals surface area contributed by atoms with Crippen LogP contribution in [0.1, 0.15) is 21.6 Å². The molecule has 6 rings (SSSR count). The van der Waals surface area contributed by atoms with Gasteiger partial charge in [-0.1, -0.05) is 48.5 Å². The van der Waals surface area contributed by atoms with Crippen molar-refractivity contribution in [2.24, 2.45) is 0 Å². The predicted molar refractivity (Wildman–Crippen MR) is 158 cm³/mol. The average molecular weight is 535 g/mol. The van der Waals surface area contributed by atoms with Crippen LogP contribution in [0, 0.1) is 6.92 Å². The molecule has 1 N–H and O–H groups in total. The van der Waals surface area contributed by atoms with Gasteiger partial charge in [-0.15, -0.1) is 11.3 Å². The van der Waals surface area contributed by atoms with E-state index in [0.29, 0.717) is 19.6 Å². The molecular weight excluding hydrogens is 504 g/mol. The maximum atomic E-state index is 13.8. The van der Waals surface area contributed by atoms with Gasteiger partial charge in [0, 0.05) is 55.7 Å². The number of anilines is 3. The van der Waals surface area contributed by atoms with Crippen LogP contribution < -0.4 is 10.2 Å². The van der Waals surface area contributed by atoms with E-state index in [-0.39, 0.29) is 5.91 Å². The monoisotopic (exact) mass is 534 g/mol. The van der Waals surface area contributed by atoms with Crippen molar-refractivity contribution in [3.05, 3.63) is 113 Å². The van der Waals surface area contributed by atoms with Gasteiger partial charge in [-0.25, -0.2) is 4.98 Å². The minimum absolute atomic E-state index is 0.0808. The number of hydrogen-bond donors (Lipinski definition) is 1. The third-order valence-corrected chi connectivity index (χ3v) is 7.91. The molecule has 1 aliphatic heterocycles. The Hall–Kier alpha value is -4.43. The first-order valence-electron chi connectivity index (χ1n) is 13.1. The Labute approximate surface area is 232 Å². The first-order chi connectivity index (χ1) is 19.2. The zero-order valence-corrected chi connectivity index (χ0v) is 22.6. The lowest BCUT2D eigenvalue weighted by molar-refractivity contribution is 0.0746. The minimum atomic E-state index is 0.0808. The number of para-hydroxylation sites is 1. The van der Waals surface area contributed by atoms with E-state index < -0.39 is 0 Å². The predicted octanol–water partition coefficient (Wildman–Crippen LogP) is 6.07. The normalized spacial score (nSPS) is 13.5. The van der Waals surface area contributed by atoms with E-state index in [2.05, 4.69) is 56.2 Å². The molecule has 7 nitrogen and oxygen atoms in total. The molecule has 8 heteroatoms. The van der Waals surface area contributed by atoms with E-state index in [1.54, 1.807) is 12.4 Å². The van der Waals surface area contributed by atoms with Gasteiger partial charge >= 0.3 is 0 Å². The number of carbonyl (C=O) groups is 1. The van der Waals surface area contributed by atoms with Crippen LogP contribution in [0.2, 0.25) is 0 Å². The highest BCUT2D eigenvalue weighted by atomic mass is 32.1. The van der Waals surface area contributed by atoms with Crippen LogP contribution in [0.5, 0.6) is 0 Å². The van der Waals surface area contributed by atoms with Crippen LogP contribution >= 0.6 is 11.3 Å². The van der Waals surface area contributed by atoms with Gasteiger partial charge in [-0.05, 0) is 42.8 Å². The fourth-order valence-electron chi connectivity index (χ4n) is 5.03. The van der Waals surface area contributed by atoms with E-state index in [4.69, 9.17) is 4.98 Å². The second-order valence-corrected chi connectivity index (χ2v) is 10.5. The highest BCUT2D eigenvalue weighted by Crippen LogP contribution is 2.32. The van der Waals surface area contributed by atoms with Gasteiger partial charge < -0.3 is 19.7 Å². The Morgan fingerprint density at radius 2 is 1.69 bits per heavy atom. The molecule has 0 bridgehead atoms. The fraction of sp³-hybridized carbons (Fsp3) is 0.194. The van der Waals surface area contributed by atoms with Crippen LogP contribution in [0.15, 0.2) is 96.6 Å². The highest BCUT2D eigenvalue weighted by molar-refractivity contribution is 7.14. The molecule has 0 spiro atoms. The molecule has 2 aromatic carbocycles. The SMILES string of the molecule is Cc1c(C(=O)N2CCN(c3ccccc3)CC2)cc(-c2csc(Nc3cccnc3)n2)n1Cc1ccccc1. The molecule has 0 aliphatic carbocycles. The molecule has 1 aliphatic rings. The highest BCUT2D eigenvalue weighted by Gasteiger charge is 2.27. The molecule has 196 valence electrons. The van der Waals surface area contributed by atoms with E-state index >= 15 is 0 Å². The largest absolute Gasteiger partial charge is 0.368 e. The topological polar surface area (TPSA) is 66.3 Å². The van der Waals surface area contributed by atoms with Crippen LogP contribution in [0.25, 0.3) is 11.4 Å². The molecule has 0 unspecified atom stereocenters. The standard InChI is InChI=1S/C31H30N6OS/c1-23-27(30(38)36-17-15-35(16-18-36)26-12-6-3-7-13-26)19-29(37(23)21-24-9-4-2-5-10-24)28-22-39-31(34-28)33-25-11-8-14-32-20-25/h2-14,19-20,22H,15-18,21H2,1H3,(H,33,34). The van der Waals surface area contributed by atoms with Crippen molar-refractivity contribution in [3.63, 3.8) is 0 Å². The number of rotatable bonds is 7. The van der Waals surface area contributed by atoms with Crippen molar-refractivity contribution >= 4 is 33.8 Å². The number of amides is 1. The van der Waals surface area contributed by atoms with Crippen molar-refractivity contribution in [2.45, 2.75) is 13.5 Å². The molecule has 0 saturated carbocycles. The van der Waals surface area contributed by atoms with Crippen LogP contribution in [-0.4, -0.2) is 51.5 Å². The number of pyridine rings is 1. The van der Waals surface area contributed by atoms with Crippen molar-refractivity contribution < 1.29 is 4.79 Å². The van der Waals surface area contributed by atoms with E-state index in [1.165, 1.54) is 22.6 Å². The summed E-state index contributed by atoms with van der Waals surface area (Å²) in [4.78, 5) is 27.2. The molecular formula is C31H30N6OS. The number of hydrogen-bond acceptors (Lipinski definition) is 6. The summed E-state index contributed by atoms with van der Waals surface area (Å²) in [6.07, 6.45) is 3.52. The molecule has 0 atom stereocenters. The summed E-state index contributed by atoms with van der Waals surface area (Å²) in [5.41, 5.74) is 6.76. The number of aromatic nitrogens is 3. The van der Waals surface area contributed by atoms with Gasteiger partial charge in [0.25, 0.3) is 5.91 Å². The van der Waals surface area contributed by atoms with Gasteiger partial charge in [0.15, 0.2) is 5.13 Å². The van der Waals surface area contributed by atoms with Gasteiger partial charge in [0.05, 0.1) is 28.8 Å². The molecule has 3 aromatic heterocycles. The quantitative estimate of drug-likeness (QED) is 0.275. The first-order valence-corrected chi connectivity index (χ1v) is 14.0. The number of thiazole rings is 1. The molecule has 5 aromatic rings. The van der Waals surface area contributed by atoms with E-state index in [9.17, 15) is 4.79 Å². The summed E-state index contributed by atoms with van der Waals surface area (Å²) in [5.74, 6) is 0.0808. The molecule has 0 radical (unpaired) electrons. The van der Waals surface area contributed by atoms with Gasteiger partial charge in [-0.3, -0.25) is 9.78 Å². The first kappa shape index (κ1) is 24.9. The van der Waals surface area contributed by atoms with Crippen LogP contribution in [0.3, 0.4) is 0 Å². The zero-order chi connectivity index (χ0) is 26.6. The van der Waals surface area contributed by atoms with Gasteiger partial charge in [0.1, 0.15) is 0 Å². The summed E-state index contributed by atoms with van der Waals surface area (Å²) in [7, 11) is 0. The Balaban J connectivity index is 1.27. The van der Waals surface area contributed by atoms with Crippen LogP contribution in [0.4, 0.5) is 16.5 Å². The Kier molecular flexibility index (Phi) is 7.10. The summed E-state index contributed by atoms with van der Waals surface area (Å²) in [6.45, 7) is 5.75. The van der Waals surface area contributed by atoms with Gasteiger partial charge in [0.2, 0.25) is 0 Å². The molecule has 1 saturated heterocycles. The third-order valence-electron chi connectivity index (χ3n) is 7.15. The Morgan fingerprint density at radius 1 is 0.949 bits per heavy atom. The summed E-state index contributed by atoms with van der Waals surface area (Å²) in [5, 5.41) is 6.16. The summed E-state index contributed by atoms with van der Waals surface area (Å²) >= 11 is 1.54. The minimum Gasteiger partial charge on any atom is -0.368 e. The number of benzene rings is 2. The van der Waals surface area contributed by atoms with E-state index in [1.807, 2.05) is 59.7 Å². The number of carbonyl (C=O) groups excluding carboxylic acids is 1. The molecule has 39 heavy (non-hydrogen) atoms. The smallest absolute Gasteiger partial charge is 0.255 e. The molecule has 1 amide bonds. The second-order valence-electron chi connectivity index (χ2n) is 9.62. The lowest BCUT2D eigenvalue weighted by atomic mass is 10.1. The molecule has 4 heterocycles. The fourth-order valence-corrected chi connectivity index (χ4v) is 5.75. The zero-order valence-electron chi connectivity index (χ0n) is 21.8. The lowest BCUT2D eigenvalue weighted by Crippen LogP contribution is -2.48. The Morgan fingerprint density at radius 3 is 2.41 bits per heavy atom. The summed E-state index contributed by atoms with van der Waals surface area (Å²) < 4.78 is 2.21. The molecule has 1 fully saturated rings. The maximum Gasteiger partial charge on any atom is 0.255 e. The van der Waals surface area contributed by atoms with Crippen molar-refractivity contribution in [3.8, 4) is 11.4 Å². The van der Waals surface area contributed by atoms with Crippen molar-refractivity contribution in [1.29, 1.82) is 0 Å². The number of piperazine rings is 1. The number of nitrogens with zero attached hydrogens (tertiary/aromatic N) is 5. The van der Waals surface area contributed by atoms with E-state index in [0.717, 1.165) is 46.6 Å². The maximum absolute atomic E-state index is 13.8. The lowest BCUT2D eigenvalue weighted by Gasteiger charge is -2.36. The van der Waals surface area contributed by atoms with Crippen LogP contribution in [-0.2, 0) is 6.54 Å². The van der Waals surface area contributed by atoms with Crippen molar-refractivity contribution in [1.82, 2.24) is 19.4 Å².